The van der Waals surface area contributed by atoms with Gasteiger partial charge in [-0.25, -0.2) is 0 Å². The first kappa shape index (κ1) is 4.32. The molecule has 0 atom stereocenters. The average molecular weight is 168 g/mol. The van der Waals surface area contributed by atoms with Crippen LogP contribution in [0.4, 0.5) is 0 Å². The summed E-state index contributed by atoms with van der Waals surface area (Å²) >= 11 is 0. The smallest absolute Gasteiger partial charge is 0.297 e. The SMILES string of the molecule is O1C23OC24OC42OC24OC42OC132. The van der Waals surface area contributed by atoms with Crippen LogP contribution in [0.2, 0.25) is 0 Å². The first-order valence-electron chi connectivity index (χ1n) is 3.95. The van der Waals surface area contributed by atoms with Crippen LogP contribution in [0.15, 0.2) is 0 Å². The van der Waals surface area contributed by atoms with E-state index in [1.54, 1.807) is 0 Å². The lowest BCUT2D eigenvalue weighted by Crippen LogP contribution is -2.20. The van der Waals surface area contributed by atoms with E-state index in [1.165, 1.54) is 0 Å². The van der Waals surface area contributed by atoms with Gasteiger partial charge in [0.05, 0.1) is 0 Å². The molecule has 0 radical (unpaired) electrons. The molecular weight excluding hydrogens is 168 g/mol. The molecule has 6 aliphatic heterocycles. The van der Waals surface area contributed by atoms with Crippen LogP contribution >= 0.6 is 0 Å². The Hall–Kier alpha value is -0.240. The highest BCUT2D eigenvalue weighted by Crippen LogP contribution is 3.08. The van der Waals surface area contributed by atoms with Crippen molar-refractivity contribution in [3.8, 4) is 0 Å². The van der Waals surface area contributed by atoms with Crippen molar-refractivity contribution in [3.05, 3.63) is 0 Å². The Morgan fingerprint density at radius 1 is 0.333 bits per heavy atom. The first-order valence-corrected chi connectivity index (χ1v) is 3.95. The van der Waals surface area contributed by atoms with Crippen LogP contribution in [0, 0.1) is 0 Å². The van der Waals surface area contributed by atoms with Gasteiger partial charge in [-0.05, 0) is 0 Å². The fourth-order valence-corrected chi connectivity index (χ4v) is 3.29. The Balaban J connectivity index is 1.80. The minimum atomic E-state index is -0.656. The summed E-state index contributed by atoms with van der Waals surface area (Å²) < 4.78 is 32.4. The van der Waals surface area contributed by atoms with Gasteiger partial charge in [0, 0.05) is 0 Å². The van der Waals surface area contributed by atoms with Crippen LogP contribution in [0.25, 0.3) is 0 Å². The van der Waals surface area contributed by atoms with Crippen molar-refractivity contribution in [3.63, 3.8) is 0 Å². The van der Waals surface area contributed by atoms with E-state index in [-0.39, 0.29) is 0 Å². The third-order valence-corrected chi connectivity index (χ3v) is 4.07. The Labute approximate surface area is 64.2 Å². The third kappa shape index (κ3) is 0.124. The van der Waals surface area contributed by atoms with Crippen LogP contribution in [-0.2, 0) is 28.4 Å². The molecule has 6 nitrogen and oxygen atoms in total. The summed E-state index contributed by atoms with van der Waals surface area (Å²) in [4.78, 5) is 0. The van der Waals surface area contributed by atoms with Crippen molar-refractivity contribution in [1.29, 1.82) is 0 Å². The normalized spacial score (nSPS) is 108. The van der Waals surface area contributed by atoms with Gasteiger partial charge in [-0.2, -0.15) is 0 Å². The number of hydrogen-bond acceptors (Lipinski definition) is 6. The maximum absolute atomic E-state index is 5.41. The maximum atomic E-state index is 5.41. The van der Waals surface area contributed by atoms with Crippen LogP contribution in [0.3, 0.4) is 0 Å². The largest absolute Gasteiger partial charge is 0.297 e. The molecule has 0 N–H and O–H groups in total. The molecule has 6 heterocycles. The fourth-order valence-electron chi connectivity index (χ4n) is 3.29. The molecule has 0 aromatic rings. The van der Waals surface area contributed by atoms with Crippen LogP contribution in [0.5, 0.6) is 0 Å². The Morgan fingerprint density at radius 3 is 0.667 bits per heavy atom. The Kier molecular flexibility index (Phi) is 0.211. The zero-order valence-corrected chi connectivity index (χ0v) is 5.45. The number of rotatable bonds is 0. The summed E-state index contributed by atoms with van der Waals surface area (Å²) in [5.41, 5.74) is 0. The van der Waals surface area contributed by atoms with Gasteiger partial charge in [-0.3, -0.25) is 28.4 Å². The quantitative estimate of drug-likeness (QED) is 0.404. The standard InChI is InChI=1S/C6O6/c7-1-2(7)4(9-2)6(11-4)5(12-6)3(1,8-1)10-5. The van der Waals surface area contributed by atoms with Crippen LogP contribution in [0.1, 0.15) is 0 Å². The highest BCUT2D eigenvalue weighted by atomic mass is 17.2. The third-order valence-electron chi connectivity index (χ3n) is 4.07. The van der Waals surface area contributed by atoms with E-state index in [9.17, 15) is 0 Å². The second-order valence-corrected chi connectivity index (χ2v) is 4.31. The molecule has 7 rings (SSSR count). The lowest BCUT2D eigenvalue weighted by molar-refractivity contribution is 0.204. The van der Waals surface area contributed by atoms with Gasteiger partial charge in [-0.1, -0.05) is 0 Å². The van der Waals surface area contributed by atoms with Gasteiger partial charge in [0.1, 0.15) is 0 Å². The van der Waals surface area contributed by atoms with E-state index in [4.69, 9.17) is 28.4 Å². The maximum Gasteiger partial charge on any atom is 0.297 e. The fraction of sp³-hybridized carbons (Fsp3) is 1.00. The van der Waals surface area contributed by atoms with Gasteiger partial charge in [0.25, 0.3) is 34.7 Å². The summed E-state index contributed by atoms with van der Waals surface area (Å²) in [7, 11) is 0. The summed E-state index contributed by atoms with van der Waals surface area (Å²) in [6, 6.07) is 0. The molecule has 0 aromatic heterocycles. The van der Waals surface area contributed by atoms with Gasteiger partial charge in [0.2, 0.25) is 0 Å². The zero-order chi connectivity index (χ0) is 7.24. The van der Waals surface area contributed by atoms with Crippen molar-refractivity contribution >= 4 is 0 Å². The molecule has 6 heteroatoms. The van der Waals surface area contributed by atoms with E-state index in [0.717, 1.165) is 0 Å². The molecule has 0 unspecified atom stereocenters. The lowest BCUT2D eigenvalue weighted by Gasteiger charge is -1.70. The zero-order valence-electron chi connectivity index (χ0n) is 5.45. The molecule has 6 saturated heterocycles. The monoisotopic (exact) mass is 168 g/mol. The molecule has 60 valence electrons. The Bertz CT molecular complexity index is 308. The van der Waals surface area contributed by atoms with Gasteiger partial charge < -0.3 is 0 Å². The predicted molar refractivity (Wildman–Crippen MR) is 22.9 cm³/mol. The van der Waals surface area contributed by atoms with Crippen molar-refractivity contribution in [2.45, 2.75) is 34.7 Å². The summed E-state index contributed by atoms with van der Waals surface area (Å²) in [6.07, 6.45) is 0. The van der Waals surface area contributed by atoms with Crippen LogP contribution < -0.4 is 0 Å². The Morgan fingerprint density at radius 2 is 0.500 bits per heavy atom. The minimum Gasteiger partial charge on any atom is -0.297 e. The van der Waals surface area contributed by atoms with Gasteiger partial charge in [-0.15, -0.1) is 0 Å². The molecule has 0 aromatic carbocycles. The van der Waals surface area contributed by atoms with Crippen LogP contribution in [-0.4, -0.2) is 34.7 Å². The molecule has 7 fully saturated rings. The van der Waals surface area contributed by atoms with Gasteiger partial charge in [0.15, 0.2) is 0 Å². The minimum absolute atomic E-state index is 0.656. The van der Waals surface area contributed by atoms with Gasteiger partial charge >= 0.3 is 0 Å². The number of hydrogen-bond donors (Lipinski definition) is 0. The molecule has 0 amide bonds. The lowest BCUT2D eigenvalue weighted by atomic mass is 10.0. The van der Waals surface area contributed by atoms with E-state index in [2.05, 4.69) is 0 Å². The van der Waals surface area contributed by atoms with Crippen molar-refractivity contribution in [1.82, 2.24) is 0 Å². The molecular formula is C6O6. The summed E-state index contributed by atoms with van der Waals surface area (Å²) in [5.74, 6) is -3.94. The number of ether oxygens (including phenoxy) is 6. The molecule has 7 aliphatic rings. The van der Waals surface area contributed by atoms with Crippen molar-refractivity contribution in [2.75, 3.05) is 0 Å². The molecule has 1 saturated carbocycles. The van der Waals surface area contributed by atoms with E-state index >= 15 is 0 Å². The van der Waals surface area contributed by atoms with E-state index < -0.39 is 34.7 Å². The van der Waals surface area contributed by atoms with Crippen molar-refractivity contribution in [2.24, 2.45) is 0 Å². The number of epoxide rings is 6. The topological polar surface area (TPSA) is 75.2 Å². The van der Waals surface area contributed by atoms with E-state index in [0.29, 0.717) is 0 Å². The molecule has 1 aliphatic carbocycles. The second-order valence-electron chi connectivity index (χ2n) is 4.31. The first-order chi connectivity index (χ1) is 5.74. The van der Waals surface area contributed by atoms with E-state index in [1.807, 2.05) is 0 Å². The summed E-state index contributed by atoms with van der Waals surface area (Å²) in [5, 5.41) is 0. The molecule has 6 spiro atoms. The highest BCUT2D eigenvalue weighted by molar-refractivity contribution is 5.62. The van der Waals surface area contributed by atoms with Crippen molar-refractivity contribution < 1.29 is 28.4 Å². The highest BCUT2D eigenvalue weighted by Gasteiger charge is 3.39. The average Bonchev–Trinajstić information content (AvgIpc) is 2.71. The second kappa shape index (κ2) is 0.588. The molecule has 12 heavy (non-hydrogen) atoms. The summed E-state index contributed by atoms with van der Waals surface area (Å²) in [6.45, 7) is 0. The predicted octanol–water partition coefficient (Wildman–Crippen LogP) is -1.64. The molecule has 0 bridgehead atoms.